The van der Waals surface area contributed by atoms with Crippen molar-refractivity contribution in [2.45, 2.75) is 40.3 Å². The first-order chi connectivity index (χ1) is 8.78. The molecule has 6 heteroatoms. The summed E-state index contributed by atoms with van der Waals surface area (Å²) < 4.78 is 21.2. The second-order valence-corrected chi connectivity index (χ2v) is 3.25. The SMILES string of the molecule is CCOC(COOCC(OCC)OCC)OCC. The van der Waals surface area contributed by atoms with Gasteiger partial charge in [-0.3, -0.25) is 0 Å². The summed E-state index contributed by atoms with van der Waals surface area (Å²) >= 11 is 0. The Balaban J connectivity index is 3.66. The van der Waals surface area contributed by atoms with Gasteiger partial charge in [0, 0.05) is 26.4 Å². The fourth-order valence-electron chi connectivity index (χ4n) is 1.24. The normalized spacial score (nSPS) is 11.7. The van der Waals surface area contributed by atoms with Crippen LogP contribution in [0.25, 0.3) is 0 Å². The molecule has 0 rings (SSSR count). The van der Waals surface area contributed by atoms with Gasteiger partial charge in [0.25, 0.3) is 0 Å². The highest BCUT2D eigenvalue weighted by molar-refractivity contribution is 4.40. The summed E-state index contributed by atoms with van der Waals surface area (Å²) in [5.74, 6) is 0. The number of hydrogen-bond donors (Lipinski definition) is 0. The Labute approximate surface area is 109 Å². The van der Waals surface area contributed by atoms with Crippen LogP contribution in [0, 0.1) is 0 Å². The molecule has 0 amide bonds. The lowest BCUT2D eigenvalue weighted by molar-refractivity contribution is -0.351. The van der Waals surface area contributed by atoms with E-state index in [1.807, 2.05) is 27.7 Å². The average molecular weight is 266 g/mol. The summed E-state index contributed by atoms with van der Waals surface area (Å²) in [6, 6.07) is 0. The predicted octanol–water partition coefficient (Wildman–Crippen LogP) is 1.73. The van der Waals surface area contributed by atoms with Crippen LogP contribution in [-0.2, 0) is 28.7 Å². The van der Waals surface area contributed by atoms with E-state index in [0.717, 1.165) is 0 Å². The first-order valence-corrected chi connectivity index (χ1v) is 6.49. The number of ether oxygens (including phenoxy) is 4. The molecule has 0 N–H and O–H groups in total. The van der Waals surface area contributed by atoms with E-state index in [1.165, 1.54) is 0 Å². The third-order valence-corrected chi connectivity index (χ3v) is 1.90. The minimum Gasteiger partial charge on any atom is -0.350 e. The van der Waals surface area contributed by atoms with Gasteiger partial charge in [0.05, 0.1) is 0 Å². The van der Waals surface area contributed by atoms with Crippen molar-refractivity contribution in [3.63, 3.8) is 0 Å². The average Bonchev–Trinajstić information content (AvgIpc) is 2.35. The standard InChI is InChI=1S/C12H26O6/c1-5-13-11(14-6-2)9-17-18-10-12(15-7-3)16-8-4/h11-12H,5-10H2,1-4H3. The zero-order chi connectivity index (χ0) is 13.6. The lowest BCUT2D eigenvalue weighted by atomic mass is 10.6. The highest BCUT2D eigenvalue weighted by Crippen LogP contribution is 2.00. The van der Waals surface area contributed by atoms with Gasteiger partial charge in [-0.25, -0.2) is 9.78 Å². The van der Waals surface area contributed by atoms with Gasteiger partial charge >= 0.3 is 0 Å². The van der Waals surface area contributed by atoms with E-state index in [-0.39, 0.29) is 13.2 Å². The number of rotatable bonds is 13. The van der Waals surface area contributed by atoms with Crippen molar-refractivity contribution in [3.8, 4) is 0 Å². The summed E-state index contributed by atoms with van der Waals surface area (Å²) in [5.41, 5.74) is 0. The highest BCUT2D eigenvalue weighted by atomic mass is 17.2. The predicted molar refractivity (Wildman–Crippen MR) is 66.0 cm³/mol. The van der Waals surface area contributed by atoms with E-state index in [0.29, 0.717) is 26.4 Å². The molecule has 110 valence electrons. The molecule has 0 spiro atoms. The molecular weight excluding hydrogens is 240 g/mol. The molecule has 0 fully saturated rings. The van der Waals surface area contributed by atoms with Crippen LogP contribution in [0.1, 0.15) is 27.7 Å². The first kappa shape index (κ1) is 17.8. The topological polar surface area (TPSA) is 55.4 Å². The monoisotopic (exact) mass is 266 g/mol. The molecule has 0 aromatic carbocycles. The maximum Gasteiger partial charge on any atom is 0.183 e. The van der Waals surface area contributed by atoms with Crippen LogP contribution in [-0.4, -0.2) is 52.2 Å². The van der Waals surface area contributed by atoms with Gasteiger partial charge in [0.2, 0.25) is 0 Å². The van der Waals surface area contributed by atoms with Crippen molar-refractivity contribution in [3.05, 3.63) is 0 Å². The van der Waals surface area contributed by atoms with Crippen molar-refractivity contribution in [2.24, 2.45) is 0 Å². The van der Waals surface area contributed by atoms with Gasteiger partial charge in [-0.05, 0) is 27.7 Å². The molecule has 0 atom stereocenters. The Morgan fingerprint density at radius 2 is 0.833 bits per heavy atom. The van der Waals surface area contributed by atoms with Crippen LogP contribution in [0.15, 0.2) is 0 Å². The summed E-state index contributed by atoms with van der Waals surface area (Å²) in [6.45, 7) is 10.3. The molecule has 0 saturated carbocycles. The summed E-state index contributed by atoms with van der Waals surface area (Å²) in [4.78, 5) is 10.0. The van der Waals surface area contributed by atoms with Gasteiger partial charge in [-0.15, -0.1) is 0 Å². The van der Waals surface area contributed by atoms with E-state index < -0.39 is 12.6 Å². The minimum absolute atomic E-state index is 0.215. The molecule has 0 aromatic rings. The Bertz CT molecular complexity index is 137. The van der Waals surface area contributed by atoms with Gasteiger partial charge in [0.15, 0.2) is 12.6 Å². The zero-order valence-electron chi connectivity index (χ0n) is 11.8. The van der Waals surface area contributed by atoms with Gasteiger partial charge < -0.3 is 18.9 Å². The Morgan fingerprint density at radius 1 is 0.556 bits per heavy atom. The third-order valence-electron chi connectivity index (χ3n) is 1.90. The van der Waals surface area contributed by atoms with Crippen molar-refractivity contribution in [1.29, 1.82) is 0 Å². The van der Waals surface area contributed by atoms with Crippen LogP contribution < -0.4 is 0 Å². The second-order valence-electron chi connectivity index (χ2n) is 3.25. The fraction of sp³-hybridized carbons (Fsp3) is 1.00. The molecule has 0 radical (unpaired) electrons. The quantitative estimate of drug-likeness (QED) is 0.219. The van der Waals surface area contributed by atoms with E-state index in [4.69, 9.17) is 28.7 Å². The van der Waals surface area contributed by atoms with Crippen molar-refractivity contribution < 1.29 is 28.7 Å². The van der Waals surface area contributed by atoms with E-state index in [2.05, 4.69) is 0 Å². The van der Waals surface area contributed by atoms with Crippen molar-refractivity contribution in [1.82, 2.24) is 0 Å². The van der Waals surface area contributed by atoms with Gasteiger partial charge in [0.1, 0.15) is 13.2 Å². The summed E-state index contributed by atoms with van der Waals surface area (Å²) in [6.07, 6.45) is -0.810. The molecule has 0 aromatic heterocycles. The van der Waals surface area contributed by atoms with E-state index in [9.17, 15) is 0 Å². The van der Waals surface area contributed by atoms with E-state index >= 15 is 0 Å². The van der Waals surface area contributed by atoms with Crippen LogP contribution in [0.4, 0.5) is 0 Å². The van der Waals surface area contributed by atoms with Crippen molar-refractivity contribution in [2.75, 3.05) is 39.6 Å². The molecule has 0 unspecified atom stereocenters. The largest absolute Gasteiger partial charge is 0.350 e. The Hall–Kier alpha value is -0.240. The zero-order valence-corrected chi connectivity index (χ0v) is 11.8. The maximum absolute atomic E-state index is 5.29. The van der Waals surface area contributed by atoms with Crippen LogP contribution >= 0.6 is 0 Å². The summed E-state index contributed by atoms with van der Waals surface area (Å²) in [5, 5.41) is 0. The highest BCUT2D eigenvalue weighted by Gasteiger charge is 2.11. The molecule has 18 heavy (non-hydrogen) atoms. The Morgan fingerprint density at radius 3 is 1.06 bits per heavy atom. The molecular formula is C12H26O6. The molecule has 6 nitrogen and oxygen atoms in total. The molecule has 0 aliphatic heterocycles. The molecule has 0 aliphatic carbocycles. The van der Waals surface area contributed by atoms with E-state index in [1.54, 1.807) is 0 Å². The van der Waals surface area contributed by atoms with Crippen LogP contribution in [0.2, 0.25) is 0 Å². The van der Waals surface area contributed by atoms with Gasteiger partial charge in [-0.2, -0.15) is 0 Å². The Kier molecular flexibility index (Phi) is 13.0. The van der Waals surface area contributed by atoms with Crippen molar-refractivity contribution >= 4 is 0 Å². The second kappa shape index (κ2) is 13.2. The fourth-order valence-corrected chi connectivity index (χ4v) is 1.24. The first-order valence-electron chi connectivity index (χ1n) is 6.49. The molecule has 0 aliphatic rings. The minimum atomic E-state index is -0.405. The smallest absolute Gasteiger partial charge is 0.183 e. The lowest BCUT2D eigenvalue weighted by Crippen LogP contribution is -2.27. The van der Waals surface area contributed by atoms with Crippen LogP contribution in [0.3, 0.4) is 0 Å². The summed E-state index contributed by atoms with van der Waals surface area (Å²) in [7, 11) is 0. The van der Waals surface area contributed by atoms with Crippen LogP contribution in [0.5, 0.6) is 0 Å². The molecule has 0 heterocycles. The lowest BCUT2D eigenvalue weighted by Gasteiger charge is -2.18. The number of hydrogen-bond acceptors (Lipinski definition) is 6. The molecule has 0 bridgehead atoms. The third kappa shape index (κ3) is 9.76. The maximum atomic E-state index is 5.29. The van der Waals surface area contributed by atoms with Gasteiger partial charge in [-0.1, -0.05) is 0 Å². The molecule has 0 saturated heterocycles.